The quantitative estimate of drug-likeness (QED) is 0.812. The molecule has 0 radical (unpaired) electrons. The van der Waals surface area contributed by atoms with Gasteiger partial charge in [-0.15, -0.1) is 0 Å². The minimum Gasteiger partial charge on any atom is -0.482 e. The second-order valence-electron chi connectivity index (χ2n) is 4.91. The van der Waals surface area contributed by atoms with E-state index in [1.54, 1.807) is 0 Å². The van der Waals surface area contributed by atoms with Crippen LogP contribution in [0.5, 0.6) is 5.75 Å². The lowest BCUT2D eigenvalue weighted by molar-refractivity contribution is -0.118. The predicted octanol–water partition coefficient (Wildman–Crippen LogP) is 2.45. The maximum Gasteiger partial charge on any atom is 0.404 e. The van der Waals surface area contributed by atoms with Gasteiger partial charge in [-0.3, -0.25) is 4.79 Å². The van der Waals surface area contributed by atoms with Gasteiger partial charge in [0.2, 0.25) is 0 Å². The summed E-state index contributed by atoms with van der Waals surface area (Å²) in [4.78, 5) is 21.9. The number of ether oxygens (including phenoxy) is 1. The lowest BCUT2D eigenvalue weighted by atomic mass is 10.0. The van der Waals surface area contributed by atoms with Crippen LogP contribution < -0.4 is 15.4 Å². The van der Waals surface area contributed by atoms with E-state index in [0.717, 1.165) is 16.7 Å². The molecular formula is C16H14N2O4. The number of hydrogen-bond acceptors (Lipinski definition) is 3. The Labute approximate surface area is 126 Å². The summed E-state index contributed by atoms with van der Waals surface area (Å²) in [7, 11) is 0. The molecule has 0 bridgehead atoms. The van der Waals surface area contributed by atoms with E-state index in [9.17, 15) is 9.59 Å². The van der Waals surface area contributed by atoms with Crippen molar-refractivity contribution in [1.29, 1.82) is 0 Å². The molecule has 2 aromatic carbocycles. The smallest absolute Gasteiger partial charge is 0.404 e. The Morgan fingerprint density at radius 1 is 1.23 bits per heavy atom. The van der Waals surface area contributed by atoms with E-state index < -0.39 is 6.09 Å². The lowest BCUT2D eigenvalue weighted by Crippen LogP contribution is -2.25. The third-order valence-corrected chi connectivity index (χ3v) is 3.32. The molecule has 1 aliphatic heterocycles. The summed E-state index contributed by atoms with van der Waals surface area (Å²) in [5.41, 5.74) is 3.36. The number of benzene rings is 2. The van der Waals surface area contributed by atoms with Crippen LogP contribution in [0.1, 0.15) is 5.56 Å². The zero-order valence-corrected chi connectivity index (χ0v) is 11.6. The molecule has 1 heterocycles. The number of fused-ring (bicyclic) bond motifs is 1. The largest absolute Gasteiger partial charge is 0.482 e. The van der Waals surface area contributed by atoms with Gasteiger partial charge in [-0.05, 0) is 34.9 Å². The lowest BCUT2D eigenvalue weighted by Gasteiger charge is -2.18. The van der Waals surface area contributed by atoms with Crippen molar-refractivity contribution in [2.45, 2.75) is 6.54 Å². The summed E-state index contributed by atoms with van der Waals surface area (Å²) in [6, 6.07) is 13.1. The first-order chi connectivity index (χ1) is 10.6. The van der Waals surface area contributed by atoms with Crippen LogP contribution in [0.4, 0.5) is 10.5 Å². The number of amides is 2. The molecule has 0 saturated heterocycles. The molecular weight excluding hydrogens is 284 g/mol. The number of carbonyl (C=O) groups excluding carboxylic acids is 1. The molecule has 3 N–H and O–H groups in total. The topological polar surface area (TPSA) is 87.7 Å². The molecule has 0 atom stereocenters. The molecule has 0 spiro atoms. The summed E-state index contributed by atoms with van der Waals surface area (Å²) in [6.07, 6.45) is -1.06. The Balaban J connectivity index is 1.88. The Kier molecular flexibility index (Phi) is 3.65. The van der Waals surface area contributed by atoms with Gasteiger partial charge in [0.1, 0.15) is 5.75 Å². The maximum atomic E-state index is 11.4. The molecule has 112 valence electrons. The van der Waals surface area contributed by atoms with Crippen molar-refractivity contribution in [2.75, 3.05) is 11.9 Å². The molecule has 2 amide bonds. The monoisotopic (exact) mass is 298 g/mol. The summed E-state index contributed by atoms with van der Waals surface area (Å²) in [5.74, 6) is 0.469. The van der Waals surface area contributed by atoms with Gasteiger partial charge in [0.25, 0.3) is 5.91 Å². The number of nitrogens with one attached hydrogen (secondary N) is 2. The molecule has 2 aromatic rings. The second kappa shape index (κ2) is 5.77. The number of carbonyl (C=O) groups is 2. The van der Waals surface area contributed by atoms with Crippen LogP contribution in [-0.2, 0) is 11.3 Å². The van der Waals surface area contributed by atoms with Gasteiger partial charge < -0.3 is 20.5 Å². The minimum atomic E-state index is -1.06. The third kappa shape index (κ3) is 3.01. The highest BCUT2D eigenvalue weighted by atomic mass is 16.5. The van der Waals surface area contributed by atoms with Crippen LogP contribution in [0.15, 0.2) is 42.5 Å². The average Bonchev–Trinajstić information content (AvgIpc) is 2.52. The Morgan fingerprint density at radius 2 is 2.05 bits per heavy atom. The first kappa shape index (κ1) is 13.9. The van der Waals surface area contributed by atoms with Gasteiger partial charge >= 0.3 is 6.09 Å². The van der Waals surface area contributed by atoms with E-state index in [2.05, 4.69) is 10.6 Å². The molecule has 6 heteroatoms. The zero-order chi connectivity index (χ0) is 15.5. The van der Waals surface area contributed by atoms with Crippen LogP contribution in [0, 0.1) is 0 Å². The number of anilines is 1. The molecule has 1 aliphatic rings. The first-order valence-electron chi connectivity index (χ1n) is 6.74. The third-order valence-electron chi connectivity index (χ3n) is 3.32. The van der Waals surface area contributed by atoms with Crippen LogP contribution in [0.3, 0.4) is 0 Å². The normalized spacial score (nSPS) is 12.8. The van der Waals surface area contributed by atoms with Crippen LogP contribution in [0.25, 0.3) is 11.1 Å². The molecule has 0 saturated carbocycles. The summed E-state index contributed by atoms with van der Waals surface area (Å²) < 4.78 is 5.33. The van der Waals surface area contributed by atoms with E-state index in [1.165, 1.54) is 0 Å². The van der Waals surface area contributed by atoms with Crippen LogP contribution >= 0.6 is 0 Å². The van der Waals surface area contributed by atoms with Gasteiger partial charge in [-0.1, -0.05) is 24.3 Å². The number of hydrogen-bond donors (Lipinski definition) is 3. The van der Waals surface area contributed by atoms with Gasteiger partial charge in [0, 0.05) is 6.54 Å². The van der Waals surface area contributed by atoms with Crippen molar-refractivity contribution in [3.8, 4) is 16.9 Å². The van der Waals surface area contributed by atoms with E-state index >= 15 is 0 Å². The van der Waals surface area contributed by atoms with Crippen molar-refractivity contribution in [3.05, 3.63) is 48.0 Å². The van der Waals surface area contributed by atoms with Crippen molar-refractivity contribution in [1.82, 2.24) is 5.32 Å². The molecule has 0 aromatic heterocycles. The van der Waals surface area contributed by atoms with Crippen LogP contribution in [0.2, 0.25) is 0 Å². The fraction of sp³-hybridized carbons (Fsp3) is 0.125. The van der Waals surface area contributed by atoms with Crippen molar-refractivity contribution >= 4 is 17.7 Å². The molecule has 3 rings (SSSR count). The van der Waals surface area contributed by atoms with Crippen LogP contribution in [-0.4, -0.2) is 23.7 Å². The van der Waals surface area contributed by atoms with Gasteiger partial charge in [0.15, 0.2) is 6.61 Å². The average molecular weight is 298 g/mol. The van der Waals surface area contributed by atoms with E-state index in [-0.39, 0.29) is 19.1 Å². The molecule has 0 unspecified atom stereocenters. The first-order valence-corrected chi connectivity index (χ1v) is 6.74. The Bertz CT molecular complexity index is 743. The fourth-order valence-electron chi connectivity index (χ4n) is 2.30. The fourth-order valence-corrected chi connectivity index (χ4v) is 2.30. The molecule has 6 nitrogen and oxygen atoms in total. The molecule has 0 aliphatic carbocycles. The number of rotatable bonds is 3. The van der Waals surface area contributed by atoms with E-state index in [1.807, 2.05) is 42.5 Å². The Morgan fingerprint density at radius 3 is 2.86 bits per heavy atom. The number of carboxylic acid groups (broad SMARTS) is 1. The van der Waals surface area contributed by atoms with Crippen molar-refractivity contribution < 1.29 is 19.4 Å². The highest BCUT2D eigenvalue weighted by Crippen LogP contribution is 2.32. The maximum absolute atomic E-state index is 11.4. The van der Waals surface area contributed by atoms with Crippen molar-refractivity contribution in [2.24, 2.45) is 0 Å². The highest BCUT2D eigenvalue weighted by molar-refractivity contribution is 5.96. The van der Waals surface area contributed by atoms with Gasteiger partial charge in [-0.25, -0.2) is 4.79 Å². The Hall–Kier alpha value is -3.02. The van der Waals surface area contributed by atoms with E-state index in [4.69, 9.17) is 9.84 Å². The zero-order valence-electron chi connectivity index (χ0n) is 11.6. The molecule has 22 heavy (non-hydrogen) atoms. The predicted molar refractivity (Wildman–Crippen MR) is 80.9 cm³/mol. The standard InChI is InChI=1S/C16H14N2O4/c19-15-9-22-14-5-4-12(7-13(14)18-15)11-3-1-2-10(6-11)8-17-16(20)21/h1-7,17H,8-9H2,(H,18,19)(H,20,21). The second-order valence-corrected chi connectivity index (χ2v) is 4.91. The molecule has 0 fully saturated rings. The van der Waals surface area contributed by atoms with Gasteiger partial charge in [-0.2, -0.15) is 0 Å². The summed E-state index contributed by atoms with van der Waals surface area (Å²) in [6.45, 7) is 0.274. The van der Waals surface area contributed by atoms with Crippen molar-refractivity contribution in [3.63, 3.8) is 0 Å². The minimum absolute atomic E-state index is 0.0304. The SMILES string of the molecule is O=C(O)NCc1cccc(-c2ccc3c(c2)NC(=O)CO3)c1. The van der Waals surface area contributed by atoms with E-state index in [0.29, 0.717) is 11.4 Å². The summed E-state index contributed by atoms with van der Waals surface area (Å²) in [5, 5.41) is 13.8. The van der Waals surface area contributed by atoms with Gasteiger partial charge in [0.05, 0.1) is 5.69 Å². The highest BCUT2D eigenvalue weighted by Gasteiger charge is 2.16. The summed E-state index contributed by atoms with van der Waals surface area (Å²) >= 11 is 0.